The van der Waals surface area contributed by atoms with Crippen molar-refractivity contribution in [2.75, 3.05) is 17.7 Å². The van der Waals surface area contributed by atoms with Gasteiger partial charge >= 0.3 is 0 Å². The van der Waals surface area contributed by atoms with Crippen LogP contribution in [0.2, 0.25) is 0 Å². The van der Waals surface area contributed by atoms with Gasteiger partial charge in [-0.1, -0.05) is 22.4 Å². The van der Waals surface area contributed by atoms with Gasteiger partial charge in [-0.3, -0.25) is 0 Å². The first-order chi connectivity index (χ1) is 8.72. The zero-order chi connectivity index (χ0) is 13.0. The highest BCUT2D eigenvalue weighted by Crippen LogP contribution is 2.22. The third kappa shape index (κ3) is 3.20. The molecule has 0 aliphatic carbocycles. The molecule has 18 heavy (non-hydrogen) atoms. The second kappa shape index (κ2) is 6.48. The third-order valence-corrected chi connectivity index (χ3v) is 4.16. The van der Waals surface area contributed by atoms with Crippen LogP contribution < -0.4 is 5.73 Å². The monoisotopic (exact) mass is 327 g/mol. The van der Waals surface area contributed by atoms with E-state index in [0.717, 1.165) is 28.5 Å². The predicted octanol–water partition coefficient (Wildman–Crippen LogP) is 3.91. The van der Waals surface area contributed by atoms with Gasteiger partial charge in [0.15, 0.2) is 0 Å². The first-order valence-electron chi connectivity index (χ1n) is 6.12. The van der Waals surface area contributed by atoms with Gasteiger partial charge in [0.1, 0.15) is 0 Å². The zero-order valence-corrected chi connectivity index (χ0v) is 12.9. The van der Waals surface area contributed by atoms with Gasteiger partial charge in [0.2, 0.25) is 5.95 Å². The van der Waals surface area contributed by atoms with Crippen LogP contribution in [0.3, 0.4) is 0 Å². The Hall–Kier alpha value is -0.680. The molecule has 2 aromatic rings. The van der Waals surface area contributed by atoms with Crippen molar-refractivity contribution >= 4 is 44.7 Å². The molecule has 0 amide bonds. The maximum atomic E-state index is 5.98. The van der Waals surface area contributed by atoms with Gasteiger partial charge in [-0.25, -0.2) is 4.98 Å². The van der Waals surface area contributed by atoms with Crippen LogP contribution in [0.5, 0.6) is 0 Å². The number of anilines is 1. The minimum atomic E-state index is 0.618. The number of fused-ring (bicyclic) bond motifs is 1. The number of nitrogens with zero attached hydrogens (tertiary/aromatic N) is 2. The smallest absolute Gasteiger partial charge is 0.201 e. The first-order valence-corrected chi connectivity index (χ1v) is 8.31. The number of hydrogen-bond acceptors (Lipinski definition) is 3. The fourth-order valence-corrected chi connectivity index (χ4v) is 2.88. The van der Waals surface area contributed by atoms with Crippen molar-refractivity contribution in [2.24, 2.45) is 0 Å². The molecule has 0 unspecified atom stereocenters. The lowest BCUT2D eigenvalue weighted by Gasteiger charge is -2.06. The first kappa shape index (κ1) is 13.7. The molecule has 0 spiro atoms. The molecule has 3 nitrogen and oxygen atoms in total. The van der Waals surface area contributed by atoms with Crippen molar-refractivity contribution in [3.05, 3.63) is 22.7 Å². The number of thioether (sulfide) groups is 1. The van der Waals surface area contributed by atoms with E-state index < -0.39 is 0 Å². The summed E-state index contributed by atoms with van der Waals surface area (Å²) in [6.45, 7) is 0.952. The Morgan fingerprint density at radius 1 is 1.33 bits per heavy atom. The van der Waals surface area contributed by atoms with Gasteiger partial charge in [0.25, 0.3) is 0 Å². The minimum absolute atomic E-state index is 0.618. The summed E-state index contributed by atoms with van der Waals surface area (Å²) in [5.74, 6) is 1.86. The van der Waals surface area contributed by atoms with Crippen molar-refractivity contribution in [2.45, 2.75) is 25.8 Å². The third-order valence-electron chi connectivity index (χ3n) is 2.97. The molecule has 0 saturated carbocycles. The predicted molar refractivity (Wildman–Crippen MR) is 84.1 cm³/mol. The SMILES string of the molecule is CSCCCCCn1c(N)nc2ccc(Br)cc21. The van der Waals surface area contributed by atoms with Gasteiger partial charge in [0, 0.05) is 11.0 Å². The maximum Gasteiger partial charge on any atom is 0.201 e. The number of nitrogens with two attached hydrogens (primary N) is 1. The van der Waals surface area contributed by atoms with E-state index in [1.807, 2.05) is 23.9 Å². The van der Waals surface area contributed by atoms with Crippen molar-refractivity contribution in [3.8, 4) is 0 Å². The topological polar surface area (TPSA) is 43.8 Å². The van der Waals surface area contributed by atoms with Crippen LogP contribution in [0.15, 0.2) is 22.7 Å². The number of aryl methyl sites for hydroxylation is 1. The number of aromatic nitrogens is 2. The lowest BCUT2D eigenvalue weighted by Crippen LogP contribution is -2.03. The number of hydrogen-bond donors (Lipinski definition) is 1. The number of imidazole rings is 1. The Labute approximate surface area is 120 Å². The molecule has 0 fully saturated rings. The number of unbranched alkanes of at least 4 members (excludes halogenated alkanes) is 2. The molecule has 0 atom stereocenters. The molecule has 1 aromatic heterocycles. The molecule has 5 heteroatoms. The summed E-state index contributed by atoms with van der Waals surface area (Å²) in [6.07, 6.45) is 5.83. The molecule has 2 rings (SSSR count). The zero-order valence-electron chi connectivity index (χ0n) is 10.5. The summed E-state index contributed by atoms with van der Waals surface area (Å²) in [6, 6.07) is 6.08. The van der Waals surface area contributed by atoms with Gasteiger partial charge in [-0.05, 0) is 43.0 Å². The summed E-state index contributed by atoms with van der Waals surface area (Å²) in [5.41, 5.74) is 8.07. The van der Waals surface area contributed by atoms with Crippen LogP contribution in [0, 0.1) is 0 Å². The number of rotatable bonds is 6. The normalized spacial score (nSPS) is 11.2. The van der Waals surface area contributed by atoms with Crippen LogP contribution in [0.4, 0.5) is 5.95 Å². The average Bonchev–Trinajstić information content (AvgIpc) is 2.65. The van der Waals surface area contributed by atoms with Crippen LogP contribution in [-0.4, -0.2) is 21.6 Å². The Balaban J connectivity index is 2.07. The van der Waals surface area contributed by atoms with Crippen molar-refractivity contribution in [3.63, 3.8) is 0 Å². The van der Waals surface area contributed by atoms with Gasteiger partial charge in [-0.2, -0.15) is 11.8 Å². The largest absolute Gasteiger partial charge is 0.369 e. The van der Waals surface area contributed by atoms with Gasteiger partial charge in [0.05, 0.1) is 11.0 Å². The fraction of sp³-hybridized carbons (Fsp3) is 0.462. The van der Waals surface area contributed by atoms with Crippen LogP contribution in [0.25, 0.3) is 11.0 Å². The highest BCUT2D eigenvalue weighted by atomic mass is 79.9. The van der Waals surface area contributed by atoms with E-state index in [1.54, 1.807) is 0 Å². The summed E-state index contributed by atoms with van der Waals surface area (Å²) in [5, 5.41) is 0. The molecule has 2 N–H and O–H groups in total. The Morgan fingerprint density at radius 3 is 2.94 bits per heavy atom. The minimum Gasteiger partial charge on any atom is -0.369 e. The van der Waals surface area contributed by atoms with E-state index in [-0.39, 0.29) is 0 Å². The highest BCUT2D eigenvalue weighted by Gasteiger charge is 2.07. The van der Waals surface area contributed by atoms with Crippen LogP contribution >= 0.6 is 27.7 Å². The number of benzene rings is 1. The second-order valence-electron chi connectivity index (χ2n) is 4.31. The van der Waals surface area contributed by atoms with E-state index in [1.165, 1.54) is 18.6 Å². The molecule has 0 bridgehead atoms. The van der Waals surface area contributed by atoms with E-state index in [0.29, 0.717) is 5.95 Å². The van der Waals surface area contributed by atoms with Crippen molar-refractivity contribution in [1.82, 2.24) is 9.55 Å². The van der Waals surface area contributed by atoms with E-state index >= 15 is 0 Å². The molecular formula is C13H18BrN3S. The lowest BCUT2D eigenvalue weighted by molar-refractivity contribution is 0.621. The fourth-order valence-electron chi connectivity index (χ4n) is 2.04. The maximum absolute atomic E-state index is 5.98. The van der Waals surface area contributed by atoms with Crippen LogP contribution in [0.1, 0.15) is 19.3 Å². The molecule has 0 saturated heterocycles. The van der Waals surface area contributed by atoms with E-state index in [2.05, 4.69) is 37.8 Å². The average molecular weight is 328 g/mol. The van der Waals surface area contributed by atoms with Crippen molar-refractivity contribution < 1.29 is 0 Å². The van der Waals surface area contributed by atoms with Gasteiger partial charge < -0.3 is 10.3 Å². The van der Waals surface area contributed by atoms with E-state index in [4.69, 9.17) is 5.73 Å². The lowest BCUT2D eigenvalue weighted by atomic mass is 10.2. The van der Waals surface area contributed by atoms with Gasteiger partial charge in [-0.15, -0.1) is 0 Å². The molecule has 0 aliphatic rings. The molecule has 1 aromatic carbocycles. The van der Waals surface area contributed by atoms with Crippen molar-refractivity contribution in [1.29, 1.82) is 0 Å². The van der Waals surface area contributed by atoms with Crippen LogP contribution in [-0.2, 0) is 6.54 Å². The quantitative estimate of drug-likeness (QED) is 0.818. The molecule has 98 valence electrons. The Bertz CT molecular complexity index is 524. The molecule has 1 heterocycles. The molecule has 0 radical (unpaired) electrons. The summed E-state index contributed by atoms with van der Waals surface area (Å²) >= 11 is 5.40. The Kier molecular flexibility index (Phi) is 4.95. The molecule has 0 aliphatic heterocycles. The highest BCUT2D eigenvalue weighted by molar-refractivity contribution is 9.10. The summed E-state index contributed by atoms with van der Waals surface area (Å²) < 4.78 is 3.18. The standard InChI is InChI=1S/C13H18BrN3S/c1-18-8-4-2-3-7-17-12-9-10(14)5-6-11(12)16-13(17)15/h5-6,9H,2-4,7-8H2,1H3,(H2,15,16). The number of nitrogen functional groups attached to an aromatic ring is 1. The number of halogens is 1. The summed E-state index contributed by atoms with van der Waals surface area (Å²) in [4.78, 5) is 4.39. The molecular weight excluding hydrogens is 310 g/mol. The summed E-state index contributed by atoms with van der Waals surface area (Å²) in [7, 11) is 0. The second-order valence-corrected chi connectivity index (χ2v) is 6.21. The van der Waals surface area contributed by atoms with E-state index in [9.17, 15) is 0 Å². The Morgan fingerprint density at radius 2 is 2.17 bits per heavy atom.